The maximum absolute atomic E-state index is 6.89. The Hall–Kier alpha value is -5.86. The summed E-state index contributed by atoms with van der Waals surface area (Å²) < 4.78 is 6.89. The molecule has 4 saturated carbocycles. The Morgan fingerprint density at radius 2 is 0.818 bits per heavy atom. The van der Waals surface area contributed by atoms with Gasteiger partial charge in [0.2, 0.25) is 0 Å². The zero-order valence-corrected chi connectivity index (χ0v) is 31.5. The molecule has 4 fully saturated rings. The number of hydrogen-bond acceptors (Lipinski definition) is 2. The van der Waals surface area contributed by atoms with Crippen molar-refractivity contribution in [3.63, 3.8) is 0 Å². The highest BCUT2D eigenvalue weighted by molar-refractivity contribution is 5.81. The summed E-state index contributed by atoms with van der Waals surface area (Å²) in [6.45, 7) is 2.18. The van der Waals surface area contributed by atoms with Gasteiger partial charge in [-0.3, -0.25) is 0 Å². The zero-order valence-electron chi connectivity index (χ0n) is 31.5. The van der Waals surface area contributed by atoms with Crippen LogP contribution in [0, 0.1) is 30.6 Å². The minimum absolute atomic E-state index is 0.627. The normalized spacial score (nSPS) is 21.0. The SMILES string of the molecule is Cc1cc(N(c2ccc(-c3ccccc3)cc2)c2ccc(-c3ccc(-c4ccccc4)cc3)cc2)ccc1Oc1ccccc1C1C2CC3CC(C2)CC1C3. The fraction of sp³-hybridized carbons (Fsp3) is 0.208. The van der Waals surface area contributed by atoms with E-state index in [0.717, 1.165) is 57.8 Å². The molecule has 11 rings (SSSR count). The van der Waals surface area contributed by atoms with E-state index in [9.17, 15) is 0 Å². The van der Waals surface area contributed by atoms with Gasteiger partial charge in [-0.25, -0.2) is 0 Å². The van der Waals surface area contributed by atoms with Gasteiger partial charge in [0.15, 0.2) is 0 Å². The van der Waals surface area contributed by atoms with Crippen LogP contribution in [0.5, 0.6) is 11.5 Å². The van der Waals surface area contributed by atoms with Gasteiger partial charge in [0.05, 0.1) is 0 Å². The third kappa shape index (κ3) is 6.65. The van der Waals surface area contributed by atoms with Crippen molar-refractivity contribution in [2.45, 2.75) is 44.9 Å². The Labute approximate surface area is 326 Å². The maximum atomic E-state index is 6.89. The van der Waals surface area contributed by atoms with E-state index in [0.29, 0.717) is 5.92 Å². The van der Waals surface area contributed by atoms with E-state index in [1.165, 1.54) is 71.0 Å². The lowest BCUT2D eigenvalue weighted by molar-refractivity contribution is -0.00335. The highest BCUT2D eigenvalue weighted by atomic mass is 16.5. The molecule has 0 radical (unpaired) electrons. The summed E-state index contributed by atoms with van der Waals surface area (Å²) in [5.41, 5.74) is 13.2. The van der Waals surface area contributed by atoms with Crippen molar-refractivity contribution in [3.8, 4) is 44.9 Å². The molecule has 0 unspecified atom stereocenters. The van der Waals surface area contributed by atoms with Crippen LogP contribution in [0.25, 0.3) is 33.4 Å². The Balaban J connectivity index is 0.960. The number of ether oxygens (including phenoxy) is 1. The monoisotopic (exact) mass is 713 g/mol. The molecule has 270 valence electrons. The molecule has 0 aliphatic heterocycles. The van der Waals surface area contributed by atoms with Gasteiger partial charge >= 0.3 is 0 Å². The quantitative estimate of drug-likeness (QED) is 0.148. The third-order valence-electron chi connectivity index (χ3n) is 12.8. The Morgan fingerprint density at radius 3 is 1.31 bits per heavy atom. The fourth-order valence-electron chi connectivity index (χ4n) is 10.5. The third-order valence-corrected chi connectivity index (χ3v) is 12.8. The summed E-state index contributed by atoms with van der Waals surface area (Å²) in [6.07, 6.45) is 7.10. The molecule has 0 saturated heterocycles. The number of para-hydroxylation sites is 1. The first-order chi connectivity index (χ1) is 27.1. The van der Waals surface area contributed by atoms with Crippen LogP contribution in [0.15, 0.2) is 176 Å². The molecular formula is C53H47NO. The number of hydrogen-bond donors (Lipinski definition) is 0. The van der Waals surface area contributed by atoms with Crippen molar-refractivity contribution in [3.05, 3.63) is 187 Å². The second-order valence-electron chi connectivity index (χ2n) is 16.3. The van der Waals surface area contributed by atoms with Crippen molar-refractivity contribution in [1.29, 1.82) is 0 Å². The number of rotatable bonds is 9. The summed E-state index contributed by atoms with van der Waals surface area (Å²) in [6, 6.07) is 63.5. The summed E-state index contributed by atoms with van der Waals surface area (Å²) in [5.74, 6) is 6.13. The molecule has 4 aliphatic rings. The van der Waals surface area contributed by atoms with Crippen LogP contribution >= 0.6 is 0 Å². The van der Waals surface area contributed by atoms with Crippen LogP contribution in [0.3, 0.4) is 0 Å². The van der Waals surface area contributed by atoms with Crippen LogP contribution in [0.2, 0.25) is 0 Å². The van der Waals surface area contributed by atoms with Gasteiger partial charge in [-0.05, 0) is 162 Å². The van der Waals surface area contributed by atoms with Crippen LogP contribution < -0.4 is 9.64 Å². The molecule has 0 spiro atoms. The van der Waals surface area contributed by atoms with Crippen molar-refractivity contribution < 1.29 is 4.74 Å². The highest BCUT2D eigenvalue weighted by Crippen LogP contribution is 2.61. The first kappa shape index (κ1) is 33.7. The Morgan fingerprint density at radius 1 is 0.400 bits per heavy atom. The molecule has 0 atom stereocenters. The molecule has 7 aromatic rings. The van der Waals surface area contributed by atoms with E-state index in [4.69, 9.17) is 4.74 Å². The smallest absolute Gasteiger partial charge is 0.130 e. The van der Waals surface area contributed by atoms with E-state index < -0.39 is 0 Å². The summed E-state index contributed by atoms with van der Waals surface area (Å²) in [5, 5.41) is 0. The molecule has 4 bridgehead atoms. The lowest BCUT2D eigenvalue weighted by Gasteiger charge is -2.54. The standard InChI is InChI=1S/C53H47NO/c1-36-30-49(28-29-51(36)55-52-15-9-8-14-50(52)53-45-32-37-31-38(34-45)35-46(53)33-37)54(47-24-20-43(21-25-47)40-12-6-3-7-13-40)48-26-22-44(23-27-48)42-18-16-41(17-19-42)39-10-4-2-5-11-39/h2-30,37-38,45-46,53H,31-35H2,1H3. The van der Waals surface area contributed by atoms with Crippen molar-refractivity contribution in [1.82, 2.24) is 0 Å². The van der Waals surface area contributed by atoms with E-state index in [1.54, 1.807) is 0 Å². The Kier molecular flexibility index (Phi) is 8.83. The predicted molar refractivity (Wildman–Crippen MR) is 228 cm³/mol. The molecule has 55 heavy (non-hydrogen) atoms. The fourth-order valence-corrected chi connectivity index (χ4v) is 10.5. The minimum atomic E-state index is 0.627. The first-order valence-electron chi connectivity index (χ1n) is 20.2. The molecule has 4 aliphatic carbocycles. The second kappa shape index (κ2) is 14.4. The maximum Gasteiger partial charge on any atom is 0.130 e. The molecule has 0 N–H and O–H groups in total. The average molecular weight is 714 g/mol. The lowest BCUT2D eigenvalue weighted by atomic mass is 9.50. The number of benzene rings is 7. The molecule has 2 heteroatoms. The number of aryl methyl sites for hydroxylation is 1. The van der Waals surface area contributed by atoms with E-state index >= 15 is 0 Å². The average Bonchev–Trinajstić information content (AvgIpc) is 3.23. The Bertz CT molecular complexity index is 2370. The van der Waals surface area contributed by atoms with Gasteiger partial charge in [0.1, 0.15) is 11.5 Å². The van der Waals surface area contributed by atoms with Crippen molar-refractivity contribution in [2.75, 3.05) is 4.90 Å². The van der Waals surface area contributed by atoms with Gasteiger partial charge in [0.25, 0.3) is 0 Å². The second-order valence-corrected chi connectivity index (χ2v) is 16.3. The molecule has 0 heterocycles. The van der Waals surface area contributed by atoms with Gasteiger partial charge < -0.3 is 9.64 Å². The van der Waals surface area contributed by atoms with Crippen LogP contribution in [-0.2, 0) is 0 Å². The molecule has 2 nitrogen and oxygen atoms in total. The minimum Gasteiger partial charge on any atom is -0.457 e. The number of nitrogens with zero attached hydrogens (tertiary/aromatic N) is 1. The molecule has 0 amide bonds. The van der Waals surface area contributed by atoms with Gasteiger partial charge in [-0.15, -0.1) is 0 Å². The van der Waals surface area contributed by atoms with Crippen molar-refractivity contribution in [2.24, 2.45) is 23.7 Å². The van der Waals surface area contributed by atoms with Crippen LogP contribution in [0.1, 0.15) is 49.1 Å². The summed E-state index contributed by atoms with van der Waals surface area (Å²) in [4.78, 5) is 2.36. The van der Waals surface area contributed by atoms with Gasteiger partial charge in [-0.1, -0.05) is 127 Å². The number of anilines is 3. The lowest BCUT2D eigenvalue weighted by Crippen LogP contribution is -2.43. The first-order valence-corrected chi connectivity index (χ1v) is 20.2. The topological polar surface area (TPSA) is 12.5 Å². The van der Waals surface area contributed by atoms with E-state index in [2.05, 4.69) is 188 Å². The van der Waals surface area contributed by atoms with Crippen LogP contribution in [-0.4, -0.2) is 0 Å². The van der Waals surface area contributed by atoms with Gasteiger partial charge in [-0.2, -0.15) is 0 Å². The van der Waals surface area contributed by atoms with E-state index in [1.807, 2.05) is 0 Å². The largest absolute Gasteiger partial charge is 0.457 e. The summed E-state index contributed by atoms with van der Waals surface area (Å²) >= 11 is 0. The predicted octanol–water partition coefficient (Wildman–Crippen LogP) is 14.8. The summed E-state index contributed by atoms with van der Waals surface area (Å²) in [7, 11) is 0. The van der Waals surface area contributed by atoms with Gasteiger partial charge in [0, 0.05) is 17.1 Å². The molecule has 7 aromatic carbocycles. The van der Waals surface area contributed by atoms with Crippen LogP contribution in [0.4, 0.5) is 17.1 Å². The molecular weight excluding hydrogens is 667 g/mol. The zero-order chi connectivity index (χ0) is 36.7. The van der Waals surface area contributed by atoms with E-state index in [-0.39, 0.29) is 0 Å². The highest BCUT2D eigenvalue weighted by Gasteiger charge is 2.49. The van der Waals surface area contributed by atoms with Crippen molar-refractivity contribution >= 4 is 17.1 Å². The molecule has 0 aromatic heterocycles.